The minimum Gasteiger partial charge on any atom is -0.487 e. The van der Waals surface area contributed by atoms with Crippen molar-refractivity contribution >= 4 is 6.29 Å². The number of aryl methyl sites for hydroxylation is 2. The number of nitrogens with zero attached hydrogens (tertiary/aromatic N) is 3. The number of aromatic nitrogens is 3. The minimum atomic E-state index is 0.251. The second-order valence-electron chi connectivity index (χ2n) is 4.52. The molecule has 0 spiro atoms. The van der Waals surface area contributed by atoms with E-state index in [1.54, 1.807) is 10.8 Å². The van der Waals surface area contributed by atoms with Gasteiger partial charge in [-0.2, -0.15) is 0 Å². The lowest BCUT2D eigenvalue weighted by Gasteiger charge is -2.12. The molecule has 0 saturated heterocycles. The highest BCUT2D eigenvalue weighted by Gasteiger charge is 2.13. The monoisotopic (exact) mass is 271 g/mol. The fraction of sp³-hybridized carbons (Fsp3) is 0.267. The van der Waals surface area contributed by atoms with Crippen LogP contribution in [0, 0.1) is 13.8 Å². The molecule has 1 heterocycles. The quantitative estimate of drug-likeness (QED) is 0.598. The van der Waals surface area contributed by atoms with Crippen molar-refractivity contribution in [1.82, 2.24) is 15.0 Å². The Labute approximate surface area is 117 Å². The molecule has 1 aromatic heterocycles. The van der Waals surface area contributed by atoms with Gasteiger partial charge in [-0.3, -0.25) is 4.79 Å². The van der Waals surface area contributed by atoms with Crippen LogP contribution in [0.2, 0.25) is 0 Å². The van der Waals surface area contributed by atoms with Crippen LogP contribution < -0.4 is 4.74 Å². The number of hydrogen-bond acceptors (Lipinski definition) is 4. The highest BCUT2D eigenvalue weighted by molar-refractivity contribution is 5.73. The predicted molar refractivity (Wildman–Crippen MR) is 75.9 cm³/mol. The van der Waals surface area contributed by atoms with E-state index in [4.69, 9.17) is 4.74 Å². The lowest BCUT2D eigenvalue weighted by Crippen LogP contribution is -2.09. The van der Waals surface area contributed by atoms with Crippen LogP contribution in [0.5, 0.6) is 5.75 Å². The molecule has 0 bridgehead atoms. The van der Waals surface area contributed by atoms with E-state index < -0.39 is 0 Å². The normalized spacial score (nSPS) is 10.3. The molecule has 0 atom stereocenters. The van der Waals surface area contributed by atoms with Gasteiger partial charge in [0.25, 0.3) is 0 Å². The van der Waals surface area contributed by atoms with E-state index in [1.807, 2.05) is 32.0 Å². The topological polar surface area (TPSA) is 57.0 Å². The number of ether oxygens (including phenoxy) is 1. The average molecular weight is 271 g/mol. The molecule has 0 amide bonds. The molecule has 0 fully saturated rings. The van der Waals surface area contributed by atoms with Gasteiger partial charge in [0.1, 0.15) is 18.1 Å². The smallest absolute Gasteiger partial charge is 0.172 e. The summed E-state index contributed by atoms with van der Waals surface area (Å²) in [6.07, 6.45) is 2.39. The number of hydrogen-bond donors (Lipinski definition) is 0. The molecular weight excluding hydrogens is 254 g/mol. The summed E-state index contributed by atoms with van der Waals surface area (Å²) >= 11 is 0. The summed E-state index contributed by atoms with van der Waals surface area (Å²) in [6.45, 7) is 8.38. The molecule has 0 N–H and O–H groups in total. The maximum absolute atomic E-state index is 11.0. The third-order valence-electron chi connectivity index (χ3n) is 3.04. The number of aldehydes is 1. The number of rotatable bonds is 6. The largest absolute Gasteiger partial charge is 0.487 e. The van der Waals surface area contributed by atoms with Gasteiger partial charge in [-0.1, -0.05) is 29.5 Å². The fourth-order valence-corrected chi connectivity index (χ4v) is 2.02. The summed E-state index contributed by atoms with van der Waals surface area (Å²) < 4.78 is 7.46. The SMILES string of the molecule is C=CCn1nnc(C=O)c1COc1c(C)cccc1C. The number of carbonyl (C=O) groups excluding carboxylic acids is 1. The molecule has 104 valence electrons. The summed E-state index contributed by atoms with van der Waals surface area (Å²) in [6, 6.07) is 5.96. The first-order chi connectivity index (χ1) is 9.67. The average Bonchev–Trinajstić information content (AvgIpc) is 2.81. The van der Waals surface area contributed by atoms with Gasteiger partial charge in [0, 0.05) is 0 Å². The molecule has 2 aromatic rings. The molecule has 0 saturated carbocycles. The van der Waals surface area contributed by atoms with Gasteiger partial charge in [0.2, 0.25) is 0 Å². The zero-order chi connectivity index (χ0) is 14.5. The first-order valence-corrected chi connectivity index (χ1v) is 6.34. The van der Waals surface area contributed by atoms with E-state index in [2.05, 4.69) is 16.9 Å². The number of para-hydroxylation sites is 1. The molecule has 0 aliphatic heterocycles. The van der Waals surface area contributed by atoms with Crippen LogP contribution in [0.3, 0.4) is 0 Å². The van der Waals surface area contributed by atoms with Gasteiger partial charge < -0.3 is 4.74 Å². The summed E-state index contributed by atoms with van der Waals surface area (Å²) in [5.41, 5.74) is 3.07. The van der Waals surface area contributed by atoms with Crippen LogP contribution in [0.1, 0.15) is 27.3 Å². The van der Waals surface area contributed by atoms with Crippen LogP contribution >= 0.6 is 0 Å². The molecule has 0 unspecified atom stereocenters. The maximum Gasteiger partial charge on any atom is 0.172 e. The van der Waals surface area contributed by atoms with Crippen LogP contribution in [0.4, 0.5) is 0 Å². The van der Waals surface area contributed by atoms with E-state index in [1.165, 1.54) is 0 Å². The number of allylic oxidation sites excluding steroid dienone is 1. The summed E-state index contributed by atoms with van der Waals surface area (Å²) in [7, 11) is 0. The highest BCUT2D eigenvalue weighted by Crippen LogP contribution is 2.23. The van der Waals surface area contributed by atoms with Gasteiger partial charge in [-0.25, -0.2) is 4.68 Å². The van der Waals surface area contributed by atoms with Crippen molar-refractivity contribution in [2.45, 2.75) is 27.0 Å². The number of benzene rings is 1. The standard InChI is InChI=1S/C15H17N3O2/c1-4-8-18-14(13(9-19)16-17-18)10-20-15-11(2)6-5-7-12(15)3/h4-7,9H,1,8,10H2,2-3H3. The molecule has 0 radical (unpaired) electrons. The van der Waals surface area contributed by atoms with Crippen molar-refractivity contribution in [1.29, 1.82) is 0 Å². The van der Waals surface area contributed by atoms with Crippen molar-refractivity contribution in [3.8, 4) is 5.75 Å². The summed E-state index contributed by atoms with van der Waals surface area (Å²) in [5, 5.41) is 7.75. The predicted octanol–water partition coefficient (Wildman–Crippen LogP) is 2.47. The second kappa shape index (κ2) is 6.14. The third kappa shape index (κ3) is 2.77. The zero-order valence-electron chi connectivity index (χ0n) is 11.7. The van der Waals surface area contributed by atoms with Gasteiger partial charge in [-0.15, -0.1) is 11.7 Å². The minimum absolute atomic E-state index is 0.251. The number of carbonyl (C=O) groups is 1. The van der Waals surface area contributed by atoms with Crippen molar-refractivity contribution in [2.24, 2.45) is 0 Å². The van der Waals surface area contributed by atoms with E-state index >= 15 is 0 Å². The van der Waals surface area contributed by atoms with Gasteiger partial charge in [0.05, 0.1) is 6.54 Å². The van der Waals surface area contributed by atoms with E-state index in [0.717, 1.165) is 16.9 Å². The van der Waals surface area contributed by atoms with E-state index in [0.29, 0.717) is 24.2 Å². The van der Waals surface area contributed by atoms with Crippen molar-refractivity contribution in [2.75, 3.05) is 0 Å². The molecule has 5 heteroatoms. The van der Waals surface area contributed by atoms with Gasteiger partial charge in [0.15, 0.2) is 12.0 Å². The Balaban J connectivity index is 2.24. The third-order valence-corrected chi connectivity index (χ3v) is 3.04. The fourth-order valence-electron chi connectivity index (χ4n) is 2.02. The zero-order valence-corrected chi connectivity index (χ0v) is 11.7. The first kappa shape index (κ1) is 14.0. The lowest BCUT2D eigenvalue weighted by atomic mass is 10.1. The first-order valence-electron chi connectivity index (χ1n) is 6.34. The molecule has 2 rings (SSSR count). The lowest BCUT2D eigenvalue weighted by molar-refractivity contribution is 0.111. The molecule has 0 aliphatic rings. The van der Waals surface area contributed by atoms with Crippen LogP contribution in [-0.2, 0) is 13.2 Å². The molecular formula is C15H17N3O2. The van der Waals surface area contributed by atoms with Crippen molar-refractivity contribution < 1.29 is 9.53 Å². The van der Waals surface area contributed by atoms with Crippen molar-refractivity contribution in [3.63, 3.8) is 0 Å². The summed E-state index contributed by atoms with van der Waals surface area (Å²) in [5.74, 6) is 0.829. The Morgan fingerprint density at radius 2 is 2.05 bits per heavy atom. The molecule has 0 aliphatic carbocycles. The Morgan fingerprint density at radius 1 is 1.35 bits per heavy atom. The Bertz CT molecular complexity index is 612. The molecule has 5 nitrogen and oxygen atoms in total. The highest BCUT2D eigenvalue weighted by atomic mass is 16.5. The van der Waals surface area contributed by atoms with E-state index in [9.17, 15) is 4.79 Å². The van der Waals surface area contributed by atoms with Crippen LogP contribution in [0.15, 0.2) is 30.9 Å². The maximum atomic E-state index is 11.0. The molecule has 20 heavy (non-hydrogen) atoms. The van der Waals surface area contributed by atoms with E-state index in [-0.39, 0.29) is 6.61 Å². The van der Waals surface area contributed by atoms with Gasteiger partial charge in [-0.05, 0) is 25.0 Å². The Hall–Kier alpha value is -2.43. The molecule has 1 aromatic carbocycles. The Morgan fingerprint density at radius 3 is 2.65 bits per heavy atom. The second-order valence-corrected chi connectivity index (χ2v) is 4.52. The van der Waals surface area contributed by atoms with Crippen LogP contribution in [0.25, 0.3) is 0 Å². The Kier molecular flexibility index (Phi) is 4.30. The van der Waals surface area contributed by atoms with Crippen molar-refractivity contribution in [3.05, 3.63) is 53.4 Å². The summed E-state index contributed by atoms with van der Waals surface area (Å²) in [4.78, 5) is 11.0. The van der Waals surface area contributed by atoms with Crippen LogP contribution in [-0.4, -0.2) is 21.3 Å². The van der Waals surface area contributed by atoms with Gasteiger partial charge >= 0.3 is 0 Å².